The molecule has 0 bridgehead atoms. The van der Waals surface area contributed by atoms with Crippen LogP contribution < -0.4 is 0 Å². The van der Waals surface area contributed by atoms with Crippen molar-refractivity contribution >= 4 is 4.31 Å². The molecule has 0 atom stereocenters. The first-order valence-corrected chi connectivity index (χ1v) is 2.31. The van der Waals surface area contributed by atoms with E-state index in [9.17, 15) is 0 Å². The number of hydrogen-bond acceptors (Lipinski definition) is 0. The molecule has 0 unspecified atom stereocenters. The molecule has 4 heavy (non-hydrogen) atoms. The van der Waals surface area contributed by atoms with Crippen LogP contribution in [-0.2, 0) is 20.0 Å². The van der Waals surface area contributed by atoms with Crippen molar-refractivity contribution in [2.24, 2.45) is 0 Å². The van der Waals surface area contributed by atoms with Crippen molar-refractivity contribution in [2.75, 3.05) is 0 Å². The zero-order valence-electron chi connectivity index (χ0n) is 2.78. The first-order chi connectivity index (χ1) is 1.91. The van der Waals surface area contributed by atoms with Gasteiger partial charge in [0.05, 0.1) is 0 Å². The molecule has 0 aromatic rings. The molecule has 0 radical (unpaired) electrons. The summed E-state index contributed by atoms with van der Waals surface area (Å²) in [5.74, 6) is 0. The van der Waals surface area contributed by atoms with Crippen molar-refractivity contribution in [2.45, 2.75) is 13.3 Å². The Hall–Kier alpha value is 0.584. The first kappa shape index (κ1) is 4.58. The number of hydrogen-bond donors (Lipinski definition) is 0. The van der Waals surface area contributed by atoms with E-state index in [1.54, 1.807) is 0 Å². The van der Waals surface area contributed by atoms with Gasteiger partial charge in [-0.1, -0.05) is 0 Å². The summed E-state index contributed by atoms with van der Waals surface area (Å²) in [6, 6.07) is 0. The summed E-state index contributed by atoms with van der Waals surface area (Å²) in [5, 5.41) is 0. The molecule has 0 amide bonds. The minimum atomic E-state index is 1.19. The third-order valence-corrected chi connectivity index (χ3v) is 0.842. The summed E-state index contributed by atoms with van der Waals surface area (Å²) in [6.07, 6.45) is 1.19. The standard InChI is InChI=1S/C3H6.Ti/c1-3-2;/h1H,3H2,2H3;/q;+2. The predicted octanol–water partition coefficient (Wildman–Crippen LogP) is 0.745. The Morgan fingerprint density at radius 1 is 2.00 bits per heavy atom. The Labute approximate surface area is 38.1 Å². The van der Waals surface area contributed by atoms with Crippen LogP contribution in [0.3, 0.4) is 0 Å². The maximum atomic E-state index is 2.12. The van der Waals surface area contributed by atoms with E-state index in [0.717, 1.165) is 0 Å². The summed E-state index contributed by atoms with van der Waals surface area (Å²) in [5.41, 5.74) is 0. The first-order valence-electron chi connectivity index (χ1n) is 1.40. The van der Waals surface area contributed by atoms with Gasteiger partial charge in [0.2, 0.25) is 0 Å². The van der Waals surface area contributed by atoms with Crippen molar-refractivity contribution in [3.05, 3.63) is 0 Å². The normalized spacial score (nSPS) is 6.75. The van der Waals surface area contributed by atoms with Crippen LogP contribution in [0.5, 0.6) is 0 Å². The Morgan fingerprint density at radius 2 is 2.25 bits per heavy atom. The average Bonchev–Trinajstić information content (AvgIpc) is 1.37. The molecule has 0 aromatic carbocycles. The summed E-state index contributed by atoms with van der Waals surface area (Å²) in [7, 11) is 0. The van der Waals surface area contributed by atoms with E-state index < -0.39 is 0 Å². The zero-order chi connectivity index (χ0) is 3.41. The predicted molar refractivity (Wildman–Crippen MR) is 16.4 cm³/mol. The fourth-order valence-corrected chi connectivity index (χ4v) is 0. The average molecular weight is 89.9 g/mol. The SMILES string of the molecule is CC[CH]=[Ti+2]. The second kappa shape index (κ2) is 3.58. The van der Waals surface area contributed by atoms with Crippen molar-refractivity contribution in [1.29, 1.82) is 0 Å². The second-order valence-corrected chi connectivity index (χ2v) is 1.25. The van der Waals surface area contributed by atoms with Crippen molar-refractivity contribution in [1.82, 2.24) is 0 Å². The van der Waals surface area contributed by atoms with Crippen LogP contribution in [0.2, 0.25) is 0 Å². The van der Waals surface area contributed by atoms with Gasteiger partial charge in [-0.05, 0) is 0 Å². The van der Waals surface area contributed by atoms with Gasteiger partial charge in [0.1, 0.15) is 0 Å². The second-order valence-electron chi connectivity index (χ2n) is 0.612. The number of rotatable bonds is 1. The molecule has 20 valence electrons. The molecule has 0 nitrogen and oxygen atoms in total. The fraction of sp³-hybridized carbons (Fsp3) is 0.667. The summed E-state index contributed by atoms with van der Waals surface area (Å²) >= 11 is 2.06. The van der Waals surface area contributed by atoms with Gasteiger partial charge in [-0.25, -0.2) is 0 Å². The molecule has 0 aliphatic carbocycles. The Morgan fingerprint density at radius 3 is 2.25 bits per heavy atom. The van der Waals surface area contributed by atoms with Crippen LogP contribution in [0.15, 0.2) is 0 Å². The summed E-state index contributed by atoms with van der Waals surface area (Å²) < 4.78 is 2.12. The minimum absolute atomic E-state index is 1.19. The molecule has 1 heteroatoms. The van der Waals surface area contributed by atoms with Gasteiger partial charge in [-0.2, -0.15) is 0 Å². The van der Waals surface area contributed by atoms with Crippen LogP contribution in [0, 0.1) is 0 Å². The summed E-state index contributed by atoms with van der Waals surface area (Å²) in [6.45, 7) is 2.12. The monoisotopic (exact) mass is 90.0 g/mol. The molecular weight excluding hydrogens is 83.9 g/mol. The third kappa shape index (κ3) is 2.58. The molecule has 0 heterocycles. The van der Waals surface area contributed by atoms with Crippen LogP contribution in [0.25, 0.3) is 0 Å². The fourth-order valence-electron chi connectivity index (χ4n) is 0. The van der Waals surface area contributed by atoms with E-state index in [1.807, 2.05) is 0 Å². The van der Waals surface area contributed by atoms with E-state index in [-0.39, 0.29) is 0 Å². The van der Waals surface area contributed by atoms with Gasteiger partial charge in [0.15, 0.2) is 0 Å². The van der Waals surface area contributed by atoms with Crippen LogP contribution in [0.4, 0.5) is 0 Å². The molecule has 0 aromatic heterocycles. The molecule has 0 saturated carbocycles. The Bertz CT molecular complexity index is 17.2. The molecule has 0 fully saturated rings. The van der Waals surface area contributed by atoms with E-state index in [0.29, 0.717) is 0 Å². The molecule has 0 rings (SSSR count). The van der Waals surface area contributed by atoms with E-state index in [4.69, 9.17) is 0 Å². The van der Waals surface area contributed by atoms with Gasteiger partial charge in [0.25, 0.3) is 0 Å². The van der Waals surface area contributed by atoms with Crippen LogP contribution >= 0.6 is 0 Å². The Kier molecular flexibility index (Phi) is 4.11. The molecular formula is C3H6Ti+2. The van der Waals surface area contributed by atoms with Crippen LogP contribution in [-0.4, -0.2) is 4.31 Å². The quantitative estimate of drug-likeness (QED) is 0.416. The zero-order valence-corrected chi connectivity index (χ0v) is 4.35. The van der Waals surface area contributed by atoms with Gasteiger partial charge >= 0.3 is 37.6 Å². The van der Waals surface area contributed by atoms with E-state index in [1.165, 1.54) is 6.42 Å². The van der Waals surface area contributed by atoms with Gasteiger partial charge in [-0.15, -0.1) is 0 Å². The van der Waals surface area contributed by atoms with Crippen molar-refractivity contribution in [3.8, 4) is 0 Å². The van der Waals surface area contributed by atoms with Gasteiger partial charge in [-0.3, -0.25) is 0 Å². The van der Waals surface area contributed by atoms with E-state index >= 15 is 0 Å². The summed E-state index contributed by atoms with van der Waals surface area (Å²) in [4.78, 5) is 0. The topological polar surface area (TPSA) is 0 Å². The molecule has 0 aliphatic heterocycles. The molecule has 0 N–H and O–H groups in total. The maximum absolute atomic E-state index is 2.12. The van der Waals surface area contributed by atoms with Gasteiger partial charge < -0.3 is 0 Å². The van der Waals surface area contributed by atoms with Crippen molar-refractivity contribution < 1.29 is 20.0 Å². The van der Waals surface area contributed by atoms with Gasteiger partial charge in [0, 0.05) is 0 Å². The molecule has 0 spiro atoms. The van der Waals surface area contributed by atoms with Crippen LogP contribution in [0.1, 0.15) is 13.3 Å². The third-order valence-electron chi connectivity index (χ3n) is 0.204. The molecule has 0 aliphatic rings. The van der Waals surface area contributed by atoms with E-state index in [2.05, 4.69) is 31.2 Å². The Balaban J connectivity index is 2.30. The van der Waals surface area contributed by atoms with Crippen molar-refractivity contribution in [3.63, 3.8) is 0 Å². The molecule has 0 saturated heterocycles.